The van der Waals surface area contributed by atoms with Crippen LogP contribution in [0.5, 0.6) is 17.2 Å². The largest absolute Gasteiger partial charge is 0.493 e. The van der Waals surface area contributed by atoms with Crippen molar-refractivity contribution in [2.24, 2.45) is 0 Å². The lowest BCUT2D eigenvalue weighted by Gasteiger charge is -2.11. The number of halogens is 3. The van der Waals surface area contributed by atoms with Gasteiger partial charge in [0.15, 0.2) is 18.1 Å². The standard InChI is InChI=1S/C26H25F3N2O5/c1-34-22-11-6-17(14-23(22)35-2)12-13-30-24(32)16-36-21-9-7-18(8-10-21)25(33)31-20-5-3-4-19(15-20)26(27,28)29/h3-11,14-15H,12-13,16H2,1-2H3,(H,30,32)(H,31,33). The number of methoxy groups -OCH3 is 2. The fourth-order valence-corrected chi connectivity index (χ4v) is 3.26. The van der Waals surface area contributed by atoms with Crippen LogP contribution in [0.3, 0.4) is 0 Å². The Bertz CT molecular complexity index is 1200. The van der Waals surface area contributed by atoms with Crippen molar-refractivity contribution in [3.63, 3.8) is 0 Å². The minimum atomic E-state index is -4.50. The molecule has 2 amide bonds. The summed E-state index contributed by atoms with van der Waals surface area (Å²) in [5.74, 6) is 0.700. The third kappa shape index (κ3) is 7.39. The van der Waals surface area contributed by atoms with E-state index in [-0.39, 0.29) is 23.8 Å². The molecule has 0 fully saturated rings. The molecule has 3 aromatic carbocycles. The lowest BCUT2D eigenvalue weighted by atomic mass is 10.1. The molecule has 0 aliphatic carbocycles. The summed E-state index contributed by atoms with van der Waals surface area (Å²) in [7, 11) is 3.11. The first-order valence-electron chi connectivity index (χ1n) is 10.9. The molecule has 7 nitrogen and oxygen atoms in total. The predicted octanol–water partition coefficient (Wildman–Crippen LogP) is 4.71. The molecule has 0 saturated heterocycles. The van der Waals surface area contributed by atoms with Gasteiger partial charge >= 0.3 is 6.18 Å². The number of ether oxygens (including phenoxy) is 3. The normalized spacial score (nSPS) is 10.9. The van der Waals surface area contributed by atoms with Crippen molar-refractivity contribution in [2.75, 3.05) is 32.7 Å². The smallest absolute Gasteiger partial charge is 0.416 e. The Kier molecular flexibility index (Phi) is 8.77. The van der Waals surface area contributed by atoms with Gasteiger partial charge in [-0.15, -0.1) is 0 Å². The predicted molar refractivity (Wildman–Crippen MR) is 128 cm³/mol. The minimum absolute atomic E-state index is 0.0277. The van der Waals surface area contributed by atoms with E-state index in [1.165, 1.54) is 36.4 Å². The molecule has 0 saturated carbocycles. The highest BCUT2D eigenvalue weighted by atomic mass is 19.4. The third-order valence-electron chi connectivity index (χ3n) is 5.12. The zero-order valence-electron chi connectivity index (χ0n) is 19.6. The molecule has 10 heteroatoms. The molecule has 0 unspecified atom stereocenters. The highest BCUT2D eigenvalue weighted by molar-refractivity contribution is 6.04. The zero-order valence-corrected chi connectivity index (χ0v) is 19.6. The van der Waals surface area contributed by atoms with Crippen molar-refractivity contribution in [3.05, 3.63) is 83.4 Å². The fraction of sp³-hybridized carbons (Fsp3) is 0.231. The number of rotatable bonds is 10. The molecule has 0 heterocycles. The summed E-state index contributed by atoms with van der Waals surface area (Å²) in [5, 5.41) is 5.19. The van der Waals surface area contributed by atoms with Crippen LogP contribution in [0.25, 0.3) is 0 Å². The molecule has 0 spiro atoms. The van der Waals surface area contributed by atoms with Crippen LogP contribution < -0.4 is 24.8 Å². The number of carbonyl (C=O) groups excluding carboxylic acids is 2. The summed E-state index contributed by atoms with van der Waals surface area (Å²) < 4.78 is 54.4. The summed E-state index contributed by atoms with van der Waals surface area (Å²) in [5.41, 5.74) is 0.359. The van der Waals surface area contributed by atoms with Crippen molar-refractivity contribution < 1.29 is 37.0 Å². The summed E-state index contributed by atoms with van der Waals surface area (Å²) in [4.78, 5) is 24.4. The molecule has 0 atom stereocenters. The second-order valence-electron chi connectivity index (χ2n) is 7.64. The summed E-state index contributed by atoms with van der Waals surface area (Å²) in [6, 6.07) is 15.8. The van der Waals surface area contributed by atoms with Crippen molar-refractivity contribution in [1.29, 1.82) is 0 Å². The van der Waals surface area contributed by atoms with Crippen molar-refractivity contribution >= 4 is 17.5 Å². The van der Waals surface area contributed by atoms with E-state index in [0.717, 1.165) is 17.7 Å². The fourth-order valence-electron chi connectivity index (χ4n) is 3.26. The van der Waals surface area contributed by atoms with Crippen LogP contribution in [0.15, 0.2) is 66.7 Å². The van der Waals surface area contributed by atoms with E-state index in [1.54, 1.807) is 20.3 Å². The maximum absolute atomic E-state index is 12.8. The van der Waals surface area contributed by atoms with Crippen molar-refractivity contribution in [2.45, 2.75) is 12.6 Å². The first-order valence-corrected chi connectivity index (χ1v) is 10.9. The van der Waals surface area contributed by atoms with Crippen LogP contribution in [0.4, 0.5) is 18.9 Å². The summed E-state index contributed by atoms with van der Waals surface area (Å²) in [6.45, 7) is 0.175. The van der Waals surface area contributed by atoms with Gasteiger partial charge in [0.25, 0.3) is 11.8 Å². The molecule has 0 aromatic heterocycles. The molecule has 0 aliphatic rings. The maximum atomic E-state index is 12.8. The molecule has 3 rings (SSSR count). The average Bonchev–Trinajstić information content (AvgIpc) is 2.87. The van der Waals surface area contributed by atoms with Crippen molar-refractivity contribution in [1.82, 2.24) is 5.32 Å². The lowest BCUT2D eigenvalue weighted by molar-refractivity contribution is -0.137. The average molecular weight is 502 g/mol. The van der Waals surface area contributed by atoms with Crippen LogP contribution in [-0.2, 0) is 17.4 Å². The zero-order chi connectivity index (χ0) is 26.1. The molecule has 36 heavy (non-hydrogen) atoms. The quantitative estimate of drug-likeness (QED) is 0.419. The number of benzene rings is 3. The number of hydrogen-bond donors (Lipinski definition) is 2. The van der Waals surface area contributed by atoms with E-state index in [4.69, 9.17) is 14.2 Å². The van der Waals surface area contributed by atoms with E-state index in [9.17, 15) is 22.8 Å². The molecular formula is C26H25F3N2O5. The number of anilines is 1. The molecule has 0 aliphatic heterocycles. The second kappa shape index (κ2) is 12.0. The minimum Gasteiger partial charge on any atom is -0.493 e. The van der Waals surface area contributed by atoms with Gasteiger partial charge in [-0.25, -0.2) is 0 Å². The Morgan fingerprint density at radius 1 is 0.889 bits per heavy atom. The van der Waals surface area contributed by atoms with E-state index >= 15 is 0 Å². The van der Waals surface area contributed by atoms with Gasteiger partial charge in [-0.1, -0.05) is 12.1 Å². The molecular weight excluding hydrogens is 477 g/mol. The number of carbonyl (C=O) groups is 2. The van der Waals surface area contributed by atoms with Gasteiger partial charge in [-0.2, -0.15) is 13.2 Å². The molecule has 0 radical (unpaired) electrons. The molecule has 2 N–H and O–H groups in total. The Hall–Kier alpha value is -4.21. The van der Waals surface area contributed by atoms with Crippen LogP contribution in [0.1, 0.15) is 21.5 Å². The van der Waals surface area contributed by atoms with Crippen LogP contribution in [-0.4, -0.2) is 39.2 Å². The van der Waals surface area contributed by atoms with E-state index in [2.05, 4.69) is 10.6 Å². The molecule has 3 aromatic rings. The Balaban J connectivity index is 1.45. The van der Waals surface area contributed by atoms with Crippen LogP contribution in [0, 0.1) is 0 Å². The Morgan fingerprint density at radius 3 is 2.28 bits per heavy atom. The maximum Gasteiger partial charge on any atom is 0.416 e. The van der Waals surface area contributed by atoms with E-state index < -0.39 is 17.6 Å². The van der Waals surface area contributed by atoms with Gasteiger partial charge in [0, 0.05) is 17.8 Å². The van der Waals surface area contributed by atoms with Gasteiger partial charge in [0.1, 0.15) is 5.75 Å². The van der Waals surface area contributed by atoms with Gasteiger partial charge in [-0.05, 0) is 66.6 Å². The van der Waals surface area contributed by atoms with Crippen LogP contribution >= 0.6 is 0 Å². The third-order valence-corrected chi connectivity index (χ3v) is 5.12. The molecule has 0 bridgehead atoms. The van der Waals surface area contributed by atoms with E-state index in [0.29, 0.717) is 30.2 Å². The van der Waals surface area contributed by atoms with Gasteiger partial charge in [-0.3, -0.25) is 9.59 Å². The Morgan fingerprint density at radius 2 is 1.61 bits per heavy atom. The highest BCUT2D eigenvalue weighted by Crippen LogP contribution is 2.31. The summed E-state index contributed by atoms with van der Waals surface area (Å²) in [6.07, 6.45) is -3.92. The first-order chi connectivity index (χ1) is 17.2. The number of hydrogen-bond acceptors (Lipinski definition) is 5. The second-order valence-corrected chi connectivity index (χ2v) is 7.64. The SMILES string of the molecule is COc1ccc(CCNC(=O)COc2ccc(C(=O)Nc3cccc(C(F)(F)F)c3)cc2)cc1OC. The van der Waals surface area contributed by atoms with Crippen molar-refractivity contribution in [3.8, 4) is 17.2 Å². The summed E-state index contributed by atoms with van der Waals surface area (Å²) >= 11 is 0. The number of alkyl halides is 3. The molecule has 190 valence electrons. The highest BCUT2D eigenvalue weighted by Gasteiger charge is 2.30. The Labute approximate surface area is 206 Å². The lowest BCUT2D eigenvalue weighted by Crippen LogP contribution is -2.30. The van der Waals surface area contributed by atoms with Gasteiger partial charge in [0.05, 0.1) is 19.8 Å². The topological polar surface area (TPSA) is 85.9 Å². The first kappa shape index (κ1) is 26.4. The van der Waals surface area contributed by atoms with Gasteiger partial charge < -0.3 is 24.8 Å². The number of amides is 2. The van der Waals surface area contributed by atoms with Gasteiger partial charge in [0.2, 0.25) is 0 Å². The monoisotopic (exact) mass is 502 g/mol. The van der Waals surface area contributed by atoms with E-state index in [1.807, 2.05) is 12.1 Å². The number of nitrogens with one attached hydrogen (secondary N) is 2. The van der Waals surface area contributed by atoms with Crippen LogP contribution in [0.2, 0.25) is 0 Å².